The third-order valence-electron chi connectivity index (χ3n) is 3.53. The van der Waals surface area contributed by atoms with Gasteiger partial charge in [0, 0.05) is 0 Å². The van der Waals surface area contributed by atoms with Crippen molar-refractivity contribution in [1.29, 1.82) is 0 Å². The lowest BCUT2D eigenvalue weighted by atomic mass is 9.81. The van der Waals surface area contributed by atoms with Gasteiger partial charge < -0.3 is 5.32 Å². The molecule has 17 heavy (non-hydrogen) atoms. The average molecular weight is 243 g/mol. The molecule has 1 heteroatoms. The van der Waals surface area contributed by atoms with Gasteiger partial charge in [0.05, 0.1) is 0 Å². The lowest BCUT2D eigenvalue weighted by molar-refractivity contribution is 0.273. The molecule has 1 aliphatic carbocycles. The molecule has 1 fully saturated rings. The van der Waals surface area contributed by atoms with E-state index in [-0.39, 0.29) is 7.43 Å². The third kappa shape index (κ3) is 10.8. The van der Waals surface area contributed by atoms with Crippen LogP contribution in [-0.2, 0) is 0 Å². The van der Waals surface area contributed by atoms with Crippen LogP contribution in [0.3, 0.4) is 0 Å². The number of hydrogen-bond acceptors (Lipinski definition) is 1. The van der Waals surface area contributed by atoms with Crippen molar-refractivity contribution in [2.24, 2.45) is 11.8 Å². The summed E-state index contributed by atoms with van der Waals surface area (Å²) in [7, 11) is 0. The van der Waals surface area contributed by atoms with Crippen molar-refractivity contribution in [3.63, 3.8) is 0 Å². The average Bonchev–Trinajstić information content (AvgIpc) is 2.34. The Bertz CT molecular complexity index is 125. The maximum absolute atomic E-state index is 3.48. The van der Waals surface area contributed by atoms with E-state index in [4.69, 9.17) is 0 Å². The van der Waals surface area contributed by atoms with Crippen LogP contribution in [0, 0.1) is 11.8 Å². The molecule has 0 amide bonds. The predicted octanol–water partition coefficient (Wildman–Crippen LogP) is 5.25. The normalized spacial score (nSPS) is 23.3. The van der Waals surface area contributed by atoms with Gasteiger partial charge in [-0.05, 0) is 44.2 Å². The molecule has 0 bridgehead atoms. The molecule has 1 aliphatic rings. The minimum absolute atomic E-state index is 0. The van der Waals surface area contributed by atoms with E-state index in [1.54, 1.807) is 0 Å². The first kappa shape index (κ1) is 19.3. The highest BCUT2D eigenvalue weighted by Gasteiger charge is 2.17. The van der Waals surface area contributed by atoms with Crippen LogP contribution in [0.4, 0.5) is 0 Å². The quantitative estimate of drug-likeness (QED) is 0.628. The summed E-state index contributed by atoms with van der Waals surface area (Å²) in [5, 5.41) is 3.48. The largest absolute Gasteiger partial charge is 0.317 e. The summed E-state index contributed by atoms with van der Waals surface area (Å²) >= 11 is 0. The van der Waals surface area contributed by atoms with E-state index in [9.17, 15) is 0 Å². The number of hydrogen-bond donors (Lipinski definition) is 1. The molecule has 0 aromatic carbocycles. The Hall–Kier alpha value is -0.0400. The van der Waals surface area contributed by atoms with Crippen LogP contribution in [0.1, 0.15) is 80.1 Å². The molecule has 106 valence electrons. The zero-order valence-corrected chi connectivity index (χ0v) is 12.0. The molecule has 1 N–H and O–H groups in total. The molecule has 1 saturated carbocycles. The number of nitrogens with one attached hydrogen (secondary N) is 1. The Morgan fingerprint density at radius 1 is 1.00 bits per heavy atom. The topological polar surface area (TPSA) is 12.0 Å². The van der Waals surface area contributed by atoms with Crippen LogP contribution >= 0.6 is 0 Å². The first-order chi connectivity index (χ1) is 7.83. The zero-order valence-electron chi connectivity index (χ0n) is 12.0. The Morgan fingerprint density at radius 2 is 1.59 bits per heavy atom. The second-order valence-electron chi connectivity index (χ2n) is 5.02. The molecule has 1 rings (SSSR count). The SMILES string of the molecule is C.CC.CCCNCCCC1CCC(C)CC1. The van der Waals surface area contributed by atoms with Crippen LogP contribution < -0.4 is 5.32 Å². The van der Waals surface area contributed by atoms with E-state index in [0.29, 0.717) is 0 Å². The molecule has 0 aromatic heterocycles. The fraction of sp³-hybridized carbons (Fsp3) is 1.00. The molecule has 1 nitrogen and oxygen atoms in total. The van der Waals surface area contributed by atoms with E-state index in [1.165, 1.54) is 58.0 Å². The van der Waals surface area contributed by atoms with Crippen molar-refractivity contribution in [3.05, 3.63) is 0 Å². The zero-order chi connectivity index (χ0) is 12.2. The van der Waals surface area contributed by atoms with Gasteiger partial charge in [0.2, 0.25) is 0 Å². The van der Waals surface area contributed by atoms with Crippen molar-refractivity contribution >= 4 is 0 Å². The molecule has 0 radical (unpaired) electrons. The molecule has 0 unspecified atom stereocenters. The summed E-state index contributed by atoms with van der Waals surface area (Å²) in [6.07, 6.45) is 10.1. The fourth-order valence-corrected chi connectivity index (χ4v) is 2.44. The minimum atomic E-state index is 0. The summed E-state index contributed by atoms with van der Waals surface area (Å²) in [5.41, 5.74) is 0. The van der Waals surface area contributed by atoms with Crippen molar-refractivity contribution < 1.29 is 0 Å². The van der Waals surface area contributed by atoms with Gasteiger partial charge in [-0.2, -0.15) is 0 Å². The van der Waals surface area contributed by atoms with Crippen LogP contribution in [-0.4, -0.2) is 13.1 Å². The fourth-order valence-electron chi connectivity index (χ4n) is 2.44. The minimum Gasteiger partial charge on any atom is -0.317 e. The Kier molecular flexibility index (Phi) is 15.9. The molecule has 0 spiro atoms. The smallest absolute Gasteiger partial charge is 0.00488 e. The van der Waals surface area contributed by atoms with Gasteiger partial charge in [-0.25, -0.2) is 0 Å². The van der Waals surface area contributed by atoms with Gasteiger partial charge in [0.15, 0.2) is 0 Å². The second kappa shape index (κ2) is 14.0. The van der Waals surface area contributed by atoms with Crippen LogP contribution in [0.5, 0.6) is 0 Å². The first-order valence-electron chi connectivity index (χ1n) is 7.53. The monoisotopic (exact) mass is 243 g/mol. The van der Waals surface area contributed by atoms with Crippen molar-refractivity contribution in [3.8, 4) is 0 Å². The lowest BCUT2D eigenvalue weighted by Crippen LogP contribution is -2.18. The van der Waals surface area contributed by atoms with Crippen molar-refractivity contribution in [2.45, 2.75) is 80.1 Å². The highest BCUT2D eigenvalue weighted by Crippen LogP contribution is 2.30. The molecule has 0 heterocycles. The standard InChI is InChI=1S/C13H27N.C2H6.CH4/c1-3-10-14-11-4-5-13-8-6-12(2)7-9-13;1-2;/h12-14H,3-11H2,1-2H3;1-2H3;1H4. The molecule has 0 aliphatic heterocycles. The summed E-state index contributed by atoms with van der Waals surface area (Å²) in [4.78, 5) is 0. The Balaban J connectivity index is 0. The van der Waals surface area contributed by atoms with Gasteiger partial charge in [0.1, 0.15) is 0 Å². The molecular formula is C16H37N. The lowest BCUT2D eigenvalue weighted by Gasteiger charge is -2.26. The maximum atomic E-state index is 3.48. The van der Waals surface area contributed by atoms with Gasteiger partial charge in [-0.15, -0.1) is 0 Å². The third-order valence-corrected chi connectivity index (χ3v) is 3.53. The van der Waals surface area contributed by atoms with Crippen molar-refractivity contribution in [2.75, 3.05) is 13.1 Å². The number of rotatable bonds is 6. The summed E-state index contributed by atoms with van der Waals surface area (Å²) < 4.78 is 0. The van der Waals surface area contributed by atoms with E-state index in [1.807, 2.05) is 13.8 Å². The van der Waals surface area contributed by atoms with E-state index in [0.717, 1.165) is 11.8 Å². The second-order valence-corrected chi connectivity index (χ2v) is 5.02. The highest BCUT2D eigenvalue weighted by molar-refractivity contribution is 4.70. The maximum Gasteiger partial charge on any atom is -0.00488 e. The molecular weight excluding hydrogens is 206 g/mol. The summed E-state index contributed by atoms with van der Waals surface area (Å²) in [6.45, 7) is 11.1. The predicted molar refractivity (Wildman–Crippen MR) is 81.6 cm³/mol. The Labute approximate surface area is 111 Å². The van der Waals surface area contributed by atoms with Gasteiger partial charge in [-0.1, -0.05) is 60.8 Å². The summed E-state index contributed by atoms with van der Waals surface area (Å²) in [5.74, 6) is 2.05. The van der Waals surface area contributed by atoms with Gasteiger partial charge in [0.25, 0.3) is 0 Å². The Morgan fingerprint density at radius 3 is 2.12 bits per heavy atom. The van der Waals surface area contributed by atoms with E-state index >= 15 is 0 Å². The molecule has 0 atom stereocenters. The highest BCUT2D eigenvalue weighted by atomic mass is 14.8. The van der Waals surface area contributed by atoms with Crippen LogP contribution in [0.15, 0.2) is 0 Å². The summed E-state index contributed by atoms with van der Waals surface area (Å²) in [6, 6.07) is 0. The van der Waals surface area contributed by atoms with E-state index in [2.05, 4.69) is 19.2 Å². The van der Waals surface area contributed by atoms with Crippen molar-refractivity contribution in [1.82, 2.24) is 5.32 Å². The van der Waals surface area contributed by atoms with Crippen LogP contribution in [0.2, 0.25) is 0 Å². The molecule has 0 aromatic rings. The van der Waals surface area contributed by atoms with Gasteiger partial charge in [-0.3, -0.25) is 0 Å². The van der Waals surface area contributed by atoms with E-state index < -0.39 is 0 Å². The molecule has 0 saturated heterocycles. The first-order valence-corrected chi connectivity index (χ1v) is 7.53. The van der Waals surface area contributed by atoms with Gasteiger partial charge >= 0.3 is 0 Å². The van der Waals surface area contributed by atoms with Crippen LogP contribution in [0.25, 0.3) is 0 Å².